The van der Waals surface area contributed by atoms with Crippen molar-refractivity contribution in [2.24, 2.45) is 18.7 Å². The highest BCUT2D eigenvalue weighted by Gasteiger charge is 2.42. The van der Waals surface area contributed by atoms with E-state index in [1.54, 1.807) is 13.8 Å². The highest BCUT2D eigenvalue weighted by atomic mass is 35.5. The molecule has 118 valence electrons. The molecule has 21 heavy (non-hydrogen) atoms. The van der Waals surface area contributed by atoms with Gasteiger partial charge in [-0.2, -0.15) is 18.3 Å². The lowest BCUT2D eigenvalue weighted by molar-refractivity contribution is -0.137. The van der Waals surface area contributed by atoms with Crippen molar-refractivity contribution in [1.82, 2.24) is 15.1 Å². The number of rotatable bonds is 4. The Bertz CT molecular complexity index is 569. The summed E-state index contributed by atoms with van der Waals surface area (Å²) in [5.41, 5.74) is 2.84. The Hall–Kier alpha value is -1.77. The molecule has 1 atom stereocenters. The number of carbonyl (C=O) groups excluding carboxylic acids is 2. The molecule has 1 rings (SSSR count). The summed E-state index contributed by atoms with van der Waals surface area (Å²) in [6, 6.07) is -1.11. The maximum atomic E-state index is 12.9. The van der Waals surface area contributed by atoms with Crippen LogP contribution in [-0.4, -0.2) is 27.6 Å². The lowest BCUT2D eigenvalue weighted by atomic mass is 10.0. The van der Waals surface area contributed by atoms with Crippen molar-refractivity contribution in [3.8, 4) is 0 Å². The largest absolute Gasteiger partial charge is 0.421 e. The maximum absolute atomic E-state index is 12.9. The van der Waals surface area contributed by atoms with Crippen LogP contribution in [0.4, 0.5) is 13.2 Å². The number of hydrogen-bond donors (Lipinski definition) is 2. The second-order valence-electron chi connectivity index (χ2n) is 4.73. The first-order valence-corrected chi connectivity index (χ1v) is 6.24. The van der Waals surface area contributed by atoms with E-state index < -0.39 is 40.4 Å². The lowest BCUT2D eigenvalue weighted by Gasteiger charge is -2.18. The average molecular weight is 327 g/mol. The molecular formula is C11H14ClF3N4O2. The van der Waals surface area contributed by atoms with Crippen LogP contribution in [0.3, 0.4) is 0 Å². The van der Waals surface area contributed by atoms with E-state index in [0.717, 1.165) is 4.68 Å². The normalized spacial score (nSPS) is 13.3. The molecule has 1 heterocycles. The number of alkyl halides is 3. The smallest absolute Gasteiger partial charge is 0.368 e. The van der Waals surface area contributed by atoms with Crippen LogP contribution in [0.1, 0.15) is 29.9 Å². The Balaban J connectivity index is 3.20. The molecule has 2 amide bonds. The van der Waals surface area contributed by atoms with Crippen LogP contribution in [-0.2, 0) is 18.0 Å². The minimum atomic E-state index is -4.85. The fraction of sp³-hybridized carbons (Fsp3) is 0.545. The third kappa shape index (κ3) is 3.66. The van der Waals surface area contributed by atoms with E-state index in [2.05, 4.69) is 10.4 Å². The second-order valence-corrected chi connectivity index (χ2v) is 5.09. The molecule has 0 radical (unpaired) electrons. The monoisotopic (exact) mass is 326 g/mol. The summed E-state index contributed by atoms with van der Waals surface area (Å²) in [6.07, 6.45) is -4.85. The van der Waals surface area contributed by atoms with Gasteiger partial charge in [0.15, 0.2) is 5.69 Å². The zero-order chi connectivity index (χ0) is 16.5. The van der Waals surface area contributed by atoms with E-state index >= 15 is 0 Å². The van der Waals surface area contributed by atoms with Crippen LogP contribution in [0.25, 0.3) is 0 Å². The minimum absolute atomic E-state index is 0.389. The van der Waals surface area contributed by atoms with Gasteiger partial charge in [0.05, 0.1) is 0 Å². The third-order valence-corrected chi connectivity index (χ3v) is 3.17. The van der Waals surface area contributed by atoms with Crippen molar-refractivity contribution in [3.63, 3.8) is 0 Å². The van der Waals surface area contributed by atoms with Gasteiger partial charge in [0.2, 0.25) is 5.91 Å². The van der Waals surface area contributed by atoms with E-state index in [9.17, 15) is 22.8 Å². The first-order chi connectivity index (χ1) is 9.46. The Morgan fingerprint density at radius 2 is 1.90 bits per heavy atom. The molecule has 3 N–H and O–H groups in total. The van der Waals surface area contributed by atoms with Crippen LogP contribution in [0, 0.1) is 5.92 Å². The van der Waals surface area contributed by atoms with Crippen molar-refractivity contribution in [1.29, 1.82) is 0 Å². The summed E-state index contributed by atoms with van der Waals surface area (Å²) < 4.78 is 39.5. The van der Waals surface area contributed by atoms with Gasteiger partial charge in [-0.15, -0.1) is 0 Å². The third-order valence-electron chi connectivity index (χ3n) is 2.74. The van der Waals surface area contributed by atoms with Crippen LogP contribution < -0.4 is 11.1 Å². The quantitative estimate of drug-likeness (QED) is 0.874. The van der Waals surface area contributed by atoms with Gasteiger partial charge < -0.3 is 11.1 Å². The highest BCUT2D eigenvalue weighted by Crippen LogP contribution is 2.36. The number of primary amides is 1. The molecule has 0 aromatic carbocycles. The number of nitrogens with one attached hydrogen (secondary N) is 1. The molecule has 0 bridgehead atoms. The van der Waals surface area contributed by atoms with Crippen molar-refractivity contribution in [2.45, 2.75) is 26.1 Å². The van der Waals surface area contributed by atoms with Crippen LogP contribution in [0.5, 0.6) is 0 Å². The Kier molecular flexibility index (Phi) is 4.87. The molecule has 1 aromatic rings. The van der Waals surface area contributed by atoms with Crippen molar-refractivity contribution in [3.05, 3.63) is 16.4 Å². The summed E-state index contributed by atoms with van der Waals surface area (Å²) in [5, 5.41) is 4.87. The van der Waals surface area contributed by atoms with Crippen LogP contribution in [0.15, 0.2) is 0 Å². The van der Waals surface area contributed by atoms with E-state index in [1.807, 2.05) is 0 Å². The molecule has 0 aliphatic rings. The molecule has 0 aliphatic carbocycles. The molecule has 0 spiro atoms. The predicted octanol–water partition coefficient (Wildman–Crippen LogP) is 1.33. The summed E-state index contributed by atoms with van der Waals surface area (Å²) in [4.78, 5) is 23.1. The topological polar surface area (TPSA) is 90.0 Å². The van der Waals surface area contributed by atoms with Gasteiger partial charge in [0, 0.05) is 7.05 Å². The molecule has 0 unspecified atom stereocenters. The number of nitrogens with zero attached hydrogens (tertiary/aromatic N) is 2. The fourth-order valence-corrected chi connectivity index (χ4v) is 1.92. The first kappa shape index (κ1) is 17.3. The average Bonchev–Trinajstić information content (AvgIpc) is 2.61. The molecule has 0 saturated heterocycles. The minimum Gasteiger partial charge on any atom is -0.368 e. The first-order valence-electron chi connectivity index (χ1n) is 5.86. The maximum Gasteiger partial charge on any atom is 0.421 e. The summed E-state index contributed by atoms with van der Waals surface area (Å²) in [7, 11) is 1.17. The molecule has 0 aliphatic heterocycles. The molecule has 0 fully saturated rings. The Morgan fingerprint density at radius 3 is 2.29 bits per heavy atom. The Morgan fingerprint density at radius 1 is 1.38 bits per heavy atom. The fourth-order valence-electron chi connectivity index (χ4n) is 1.69. The zero-order valence-corrected chi connectivity index (χ0v) is 12.2. The van der Waals surface area contributed by atoms with E-state index in [-0.39, 0.29) is 5.92 Å². The van der Waals surface area contributed by atoms with Gasteiger partial charge >= 0.3 is 6.18 Å². The van der Waals surface area contributed by atoms with Gasteiger partial charge in [0.1, 0.15) is 16.8 Å². The second kappa shape index (κ2) is 5.92. The number of nitrogens with two attached hydrogens (primary N) is 1. The van der Waals surface area contributed by atoms with Crippen molar-refractivity contribution in [2.75, 3.05) is 0 Å². The van der Waals surface area contributed by atoms with E-state index in [4.69, 9.17) is 17.3 Å². The SMILES string of the molecule is CC(C)[C@@H](NC(=O)c1nn(C)c(Cl)c1C(F)(F)F)C(N)=O. The summed E-state index contributed by atoms with van der Waals surface area (Å²) in [5.74, 6) is -2.41. The Labute approximate surface area is 123 Å². The van der Waals surface area contributed by atoms with E-state index in [1.165, 1.54) is 7.05 Å². The number of halogens is 4. The predicted molar refractivity (Wildman–Crippen MR) is 68.5 cm³/mol. The molecular weight excluding hydrogens is 313 g/mol. The highest BCUT2D eigenvalue weighted by molar-refractivity contribution is 6.31. The van der Waals surface area contributed by atoms with Gasteiger partial charge in [-0.05, 0) is 5.92 Å². The van der Waals surface area contributed by atoms with E-state index in [0.29, 0.717) is 0 Å². The zero-order valence-electron chi connectivity index (χ0n) is 11.5. The van der Waals surface area contributed by atoms with Gasteiger partial charge in [0.25, 0.3) is 5.91 Å². The van der Waals surface area contributed by atoms with Gasteiger partial charge in [-0.25, -0.2) is 0 Å². The van der Waals surface area contributed by atoms with Crippen LogP contribution >= 0.6 is 11.6 Å². The van der Waals surface area contributed by atoms with Gasteiger partial charge in [-0.1, -0.05) is 25.4 Å². The summed E-state index contributed by atoms with van der Waals surface area (Å²) >= 11 is 5.51. The molecule has 1 aromatic heterocycles. The number of amides is 2. The van der Waals surface area contributed by atoms with Crippen molar-refractivity contribution >= 4 is 23.4 Å². The summed E-state index contributed by atoms with van der Waals surface area (Å²) in [6.45, 7) is 3.18. The molecule has 0 saturated carbocycles. The molecule has 10 heteroatoms. The number of aryl methyl sites for hydroxylation is 1. The lowest BCUT2D eigenvalue weighted by Crippen LogP contribution is -2.48. The number of aromatic nitrogens is 2. The van der Waals surface area contributed by atoms with Crippen molar-refractivity contribution < 1.29 is 22.8 Å². The standard InChI is InChI=1S/C11H14ClF3N4O2/c1-4(2)6(9(16)20)17-10(21)7-5(11(13,14)15)8(12)19(3)18-7/h4,6H,1-3H3,(H2,16,20)(H,17,21)/t6-/m1/s1. The number of hydrogen-bond acceptors (Lipinski definition) is 3. The van der Waals surface area contributed by atoms with Gasteiger partial charge in [-0.3, -0.25) is 14.3 Å². The van der Waals surface area contributed by atoms with Crippen LogP contribution in [0.2, 0.25) is 5.15 Å². The molecule has 6 nitrogen and oxygen atoms in total. The number of carbonyl (C=O) groups is 2.